The maximum atomic E-state index is 10.1. The molecule has 1 aliphatic heterocycles. The Balaban J connectivity index is 2.15. The Morgan fingerprint density at radius 3 is 2.50 bits per heavy atom. The van der Waals surface area contributed by atoms with Crippen LogP contribution in [-0.2, 0) is 4.79 Å². The number of hydrogen-bond acceptors (Lipinski definition) is 4. The zero-order valence-electron chi connectivity index (χ0n) is 7.15. The number of hydrogen-bond donors (Lipinski definition) is 1. The van der Waals surface area contributed by atoms with Crippen LogP contribution in [0.1, 0.15) is 0 Å². The van der Waals surface area contributed by atoms with Crippen molar-refractivity contribution in [2.75, 3.05) is 39.3 Å². The molecule has 1 radical (unpaired) electrons. The molecule has 1 fully saturated rings. The lowest BCUT2D eigenvalue weighted by Crippen LogP contribution is -2.48. The predicted molar refractivity (Wildman–Crippen MR) is 47.6 cm³/mol. The number of aliphatic hydroxyl groups excluding tert-OH is 1. The molecule has 4 nitrogen and oxygen atoms in total. The Hall–Kier alpha value is -0.385. The number of aliphatic hydroxyl groups is 1. The maximum absolute atomic E-state index is 10.1. The molecule has 0 aromatic rings. The lowest BCUT2D eigenvalue weighted by molar-refractivity contribution is 0.152. The van der Waals surface area contributed by atoms with Gasteiger partial charge in [0.15, 0.2) is 0 Å². The van der Waals surface area contributed by atoms with Crippen LogP contribution in [0.15, 0.2) is 0 Å². The first-order valence-corrected chi connectivity index (χ1v) is 4.22. The summed E-state index contributed by atoms with van der Waals surface area (Å²) in [5, 5.41) is 8.67. The fraction of sp³-hybridized carbons (Fsp3) is 0.857. The van der Waals surface area contributed by atoms with E-state index in [0.29, 0.717) is 0 Å². The van der Waals surface area contributed by atoms with Gasteiger partial charge >= 0.3 is 0 Å². The summed E-state index contributed by atoms with van der Waals surface area (Å²) < 4.78 is 0. The zero-order valence-corrected chi connectivity index (χ0v) is 7.15. The first kappa shape index (κ1) is 9.70. The van der Waals surface area contributed by atoms with Crippen LogP contribution in [-0.4, -0.2) is 67.7 Å². The van der Waals surface area contributed by atoms with E-state index in [9.17, 15) is 4.79 Å². The number of rotatable bonds is 4. The minimum Gasteiger partial charge on any atom is -0.395 e. The molecule has 1 heterocycles. The van der Waals surface area contributed by atoms with Crippen LogP contribution < -0.4 is 0 Å². The molecule has 67 valence electrons. The Kier molecular flexibility index (Phi) is 4.28. The van der Waals surface area contributed by atoms with Gasteiger partial charge in [-0.3, -0.25) is 4.90 Å². The highest BCUT2D eigenvalue weighted by atomic mass is 16.3. The van der Waals surface area contributed by atoms with Crippen molar-refractivity contribution in [3.05, 3.63) is 0 Å². The molecule has 0 spiro atoms. The highest BCUT2D eigenvalue weighted by Crippen LogP contribution is 1.98. The molecule has 0 aliphatic carbocycles. The van der Waals surface area contributed by atoms with Gasteiger partial charge in [0, 0.05) is 32.7 Å². The molecule has 1 aliphatic rings. The van der Waals surface area contributed by atoms with Gasteiger partial charge in [-0.1, -0.05) is 0 Å². The molecule has 0 unspecified atom stereocenters. The quantitative estimate of drug-likeness (QED) is 0.407. The SMILES string of the molecule is O=C[B]N1CCN(CCO)CC1. The van der Waals surface area contributed by atoms with Crippen LogP contribution in [0.25, 0.3) is 0 Å². The highest BCUT2D eigenvalue weighted by Gasteiger charge is 2.15. The highest BCUT2D eigenvalue weighted by molar-refractivity contribution is 6.64. The number of nitrogens with zero attached hydrogens (tertiary/aromatic N) is 2. The van der Waals surface area contributed by atoms with Crippen LogP contribution in [0, 0.1) is 0 Å². The Bertz CT molecular complexity index is 137. The van der Waals surface area contributed by atoms with Crippen molar-refractivity contribution in [3.63, 3.8) is 0 Å². The molecule has 5 heteroatoms. The molecule has 0 atom stereocenters. The van der Waals surface area contributed by atoms with Crippen LogP contribution in [0.5, 0.6) is 0 Å². The summed E-state index contributed by atoms with van der Waals surface area (Å²) in [5.41, 5.74) is 0. The zero-order chi connectivity index (χ0) is 8.81. The van der Waals surface area contributed by atoms with Crippen molar-refractivity contribution in [2.45, 2.75) is 0 Å². The molecule has 1 N–H and O–H groups in total. The summed E-state index contributed by atoms with van der Waals surface area (Å²) in [5.74, 6) is 0. The second kappa shape index (κ2) is 5.29. The predicted octanol–water partition coefficient (Wildman–Crippen LogP) is -1.59. The smallest absolute Gasteiger partial charge is 0.293 e. The standard InChI is InChI=1S/C7H14BN2O2/c11-6-5-9-1-3-10(4-2-9)8-7-12/h7,11H,1-6H2. The minimum absolute atomic E-state index is 0.220. The second-order valence-electron chi connectivity index (χ2n) is 2.89. The normalized spacial score (nSPS) is 20.8. The van der Waals surface area contributed by atoms with Gasteiger partial charge in [-0.2, -0.15) is 0 Å². The van der Waals surface area contributed by atoms with Crippen molar-refractivity contribution in [2.24, 2.45) is 0 Å². The number of carbonyl (C=O) groups excluding carboxylic acids is 1. The summed E-state index contributed by atoms with van der Waals surface area (Å²) in [6, 6.07) is 0. The van der Waals surface area contributed by atoms with Gasteiger partial charge < -0.3 is 14.7 Å². The third kappa shape index (κ3) is 2.93. The molecule has 0 saturated carbocycles. The summed E-state index contributed by atoms with van der Waals surface area (Å²) in [4.78, 5) is 14.3. The maximum Gasteiger partial charge on any atom is 0.293 e. The largest absolute Gasteiger partial charge is 0.395 e. The molecule has 0 bridgehead atoms. The average Bonchev–Trinajstić information content (AvgIpc) is 2.09. The van der Waals surface area contributed by atoms with E-state index in [1.54, 1.807) is 7.41 Å². The Morgan fingerprint density at radius 2 is 2.00 bits per heavy atom. The van der Waals surface area contributed by atoms with E-state index in [1.807, 2.05) is 4.81 Å². The average molecular weight is 169 g/mol. The number of piperazine rings is 1. The van der Waals surface area contributed by atoms with Gasteiger partial charge in [0.2, 0.25) is 0 Å². The van der Waals surface area contributed by atoms with E-state index >= 15 is 0 Å². The van der Waals surface area contributed by atoms with Gasteiger partial charge in [-0.25, -0.2) is 0 Å². The molecule has 0 amide bonds. The first-order valence-electron chi connectivity index (χ1n) is 4.22. The van der Waals surface area contributed by atoms with E-state index < -0.39 is 0 Å². The fourth-order valence-electron chi connectivity index (χ4n) is 1.36. The molecule has 0 aromatic heterocycles. The fourth-order valence-corrected chi connectivity index (χ4v) is 1.36. The van der Waals surface area contributed by atoms with Crippen LogP contribution in [0.3, 0.4) is 0 Å². The third-order valence-corrected chi connectivity index (χ3v) is 2.09. The van der Waals surface area contributed by atoms with Crippen molar-refractivity contribution in [1.29, 1.82) is 0 Å². The van der Waals surface area contributed by atoms with E-state index in [4.69, 9.17) is 5.11 Å². The third-order valence-electron chi connectivity index (χ3n) is 2.09. The molecule has 12 heavy (non-hydrogen) atoms. The molecule has 1 saturated heterocycles. The second-order valence-corrected chi connectivity index (χ2v) is 2.89. The molecule has 1 rings (SSSR count). The van der Waals surface area contributed by atoms with Gasteiger partial charge in [0.1, 0.15) is 0 Å². The Morgan fingerprint density at radius 1 is 1.33 bits per heavy atom. The van der Waals surface area contributed by atoms with Crippen LogP contribution in [0.4, 0.5) is 0 Å². The topological polar surface area (TPSA) is 43.8 Å². The van der Waals surface area contributed by atoms with Crippen molar-refractivity contribution < 1.29 is 9.90 Å². The number of β-amino-alcohol motifs (C(OH)–C–C–N with tert-alkyl or cyclic N) is 1. The van der Waals surface area contributed by atoms with Gasteiger partial charge in [-0.15, -0.1) is 0 Å². The van der Waals surface area contributed by atoms with E-state index in [0.717, 1.165) is 38.9 Å². The van der Waals surface area contributed by atoms with E-state index in [2.05, 4.69) is 4.90 Å². The first-order chi connectivity index (χ1) is 5.86. The summed E-state index contributed by atoms with van der Waals surface area (Å²) in [6.07, 6.45) is 0.821. The van der Waals surface area contributed by atoms with Gasteiger partial charge in [-0.05, 0) is 0 Å². The lowest BCUT2D eigenvalue weighted by Gasteiger charge is -2.33. The summed E-state index contributed by atoms with van der Waals surface area (Å²) in [6.45, 7) is 4.61. The van der Waals surface area contributed by atoms with Crippen molar-refractivity contribution in [1.82, 2.24) is 9.71 Å². The van der Waals surface area contributed by atoms with Crippen LogP contribution in [0.2, 0.25) is 0 Å². The van der Waals surface area contributed by atoms with Gasteiger partial charge in [0.05, 0.1) is 12.8 Å². The molecular weight excluding hydrogens is 155 g/mol. The number of carbonyl (C=O) groups is 1. The Labute approximate surface area is 73.4 Å². The van der Waals surface area contributed by atoms with Crippen molar-refractivity contribution >= 4 is 13.6 Å². The van der Waals surface area contributed by atoms with E-state index in [1.165, 1.54) is 0 Å². The van der Waals surface area contributed by atoms with Gasteiger partial charge in [0.25, 0.3) is 7.41 Å². The summed E-state index contributed by atoms with van der Waals surface area (Å²) >= 11 is 0. The van der Waals surface area contributed by atoms with E-state index in [-0.39, 0.29) is 6.61 Å². The molecule has 0 aromatic carbocycles. The minimum atomic E-state index is 0.220. The summed E-state index contributed by atoms with van der Waals surface area (Å²) in [7, 11) is 1.58. The monoisotopic (exact) mass is 169 g/mol. The molecular formula is C7H14BN2O2. The lowest BCUT2D eigenvalue weighted by atomic mass is 9.93. The van der Waals surface area contributed by atoms with Crippen molar-refractivity contribution in [3.8, 4) is 0 Å². The van der Waals surface area contributed by atoms with Crippen LogP contribution >= 0.6 is 0 Å².